The maximum Gasteiger partial charge on any atom is 0.243 e. The Kier molecular flexibility index (Phi) is 6.86. The van der Waals surface area contributed by atoms with Crippen molar-refractivity contribution in [2.75, 3.05) is 30.8 Å². The zero-order valence-corrected chi connectivity index (χ0v) is 15.7. The average Bonchev–Trinajstić information content (AvgIpc) is 2.62. The quantitative estimate of drug-likeness (QED) is 0.694. The van der Waals surface area contributed by atoms with Gasteiger partial charge in [0.15, 0.2) is 0 Å². The molecule has 0 spiro atoms. The molecular formula is C19H22ClN3O3. The molecule has 2 aromatic carbocycles. The number of nitrogens with one attached hydrogen (secondary N) is 3. The first-order valence-corrected chi connectivity index (χ1v) is 8.48. The van der Waals surface area contributed by atoms with Crippen molar-refractivity contribution < 1.29 is 14.3 Å². The summed E-state index contributed by atoms with van der Waals surface area (Å²) in [7, 11) is 1.57. The Morgan fingerprint density at radius 1 is 1.04 bits per heavy atom. The maximum atomic E-state index is 12.0. The molecule has 26 heavy (non-hydrogen) atoms. The molecular weight excluding hydrogens is 354 g/mol. The largest absolute Gasteiger partial charge is 0.495 e. The summed E-state index contributed by atoms with van der Waals surface area (Å²) in [4.78, 5) is 24.0. The lowest BCUT2D eigenvalue weighted by atomic mass is 10.2. The minimum absolute atomic E-state index is 0.0310. The SMILES string of the molecule is COc1ccc(C)cc1NCC(=O)NCC(=O)Nc1cccc(Cl)c1C. The molecule has 0 aromatic heterocycles. The highest BCUT2D eigenvalue weighted by Crippen LogP contribution is 2.25. The third-order valence-electron chi connectivity index (χ3n) is 3.78. The van der Waals surface area contributed by atoms with E-state index in [1.807, 2.05) is 32.0 Å². The van der Waals surface area contributed by atoms with Gasteiger partial charge in [0.1, 0.15) is 5.75 Å². The zero-order chi connectivity index (χ0) is 19.1. The lowest BCUT2D eigenvalue weighted by Crippen LogP contribution is -2.36. The number of hydrogen-bond donors (Lipinski definition) is 3. The third-order valence-corrected chi connectivity index (χ3v) is 4.19. The van der Waals surface area contributed by atoms with Crippen molar-refractivity contribution >= 4 is 34.8 Å². The molecule has 3 N–H and O–H groups in total. The molecule has 0 atom stereocenters. The Morgan fingerprint density at radius 2 is 1.81 bits per heavy atom. The van der Waals surface area contributed by atoms with E-state index in [0.29, 0.717) is 16.5 Å². The van der Waals surface area contributed by atoms with Crippen LogP contribution in [0.15, 0.2) is 36.4 Å². The van der Waals surface area contributed by atoms with E-state index in [0.717, 1.165) is 16.8 Å². The van der Waals surface area contributed by atoms with E-state index in [4.69, 9.17) is 16.3 Å². The molecule has 0 fully saturated rings. The van der Waals surface area contributed by atoms with Gasteiger partial charge >= 0.3 is 0 Å². The molecule has 0 aliphatic heterocycles. The van der Waals surface area contributed by atoms with Crippen LogP contribution in [0.1, 0.15) is 11.1 Å². The van der Waals surface area contributed by atoms with Crippen molar-refractivity contribution in [3.63, 3.8) is 0 Å². The van der Waals surface area contributed by atoms with E-state index < -0.39 is 0 Å². The van der Waals surface area contributed by atoms with Gasteiger partial charge in [-0.25, -0.2) is 0 Å². The van der Waals surface area contributed by atoms with Crippen LogP contribution >= 0.6 is 11.6 Å². The first-order chi connectivity index (χ1) is 12.4. The van der Waals surface area contributed by atoms with Gasteiger partial charge in [0, 0.05) is 10.7 Å². The van der Waals surface area contributed by atoms with Gasteiger partial charge in [0.25, 0.3) is 0 Å². The highest BCUT2D eigenvalue weighted by atomic mass is 35.5. The Balaban J connectivity index is 1.82. The minimum Gasteiger partial charge on any atom is -0.495 e. The van der Waals surface area contributed by atoms with E-state index in [1.54, 1.807) is 25.3 Å². The second kappa shape index (κ2) is 9.10. The van der Waals surface area contributed by atoms with Crippen LogP contribution in [0.25, 0.3) is 0 Å². The lowest BCUT2D eigenvalue weighted by molar-refractivity contribution is -0.122. The van der Waals surface area contributed by atoms with Crippen LogP contribution in [0.2, 0.25) is 5.02 Å². The highest BCUT2D eigenvalue weighted by molar-refractivity contribution is 6.31. The number of carbonyl (C=O) groups excluding carboxylic acids is 2. The second-order valence-corrected chi connectivity index (χ2v) is 6.20. The third kappa shape index (κ3) is 5.39. The Morgan fingerprint density at radius 3 is 2.54 bits per heavy atom. The Bertz CT molecular complexity index is 809. The minimum atomic E-state index is -0.322. The number of carbonyl (C=O) groups is 2. The van der Waals surface area contributed by atoms with Gasteiger partial charge in [0.05, 0.1) is 25.9 Å². The van der Waals surface area contributed by atoms with E-state index in [1.165, 1.54) is 0 Å². The molecule has 0 aliphatic rings. The predicted molar refractivity (Wildman–Crippen MR) is 104 cm³/mol. The standard InChI is InChI=1S/C19H22ClN3O3/c1-12-7-8-17(26-3)16(9-12)21-10-18(24)22-11-19(25)23-15-6-4-5-14(20)13(15)2/h4-9,21H,10-11H2,1-3H3,(H,22,24)(H,23,25). The number of anilines is 2. The summed E-state index contributed by atoms with van der Waals surface area (Å²) in [5.74, 6) is 0.0287. The van der Waals surface area contributed by atoms with E-state index >= 15 is 0 Å². The number of rotatable bonds is 7. The number of hydrogen-bond acceptors (Lipinski definition) is 4. The van der Waals surface area contributed by atoms with Crippen molar-refractivity contribution in [1.82, 2.24) is 5.32 Å². The predicted octanol–water partition coefficient (Wildman–Crippen LogP) is 3.13. The molecule has 0 saturated heterocycles. The zero-order valence-electron chi connectivity index (χ0n) is 15.0. The summed E-state index contributed by atoms with van der Waals surface area (Å²) >= 11 is 6.02. The molecule has 6 nitrogen and oxygen atoms in total. The maximum absolute atomic E-state index is 12.0. The van der Waals surface area contributed by atoms with Gasteiger partial charge < -0.3 is 20.7 Å². The number of methoxy groups -OCH3 is 1. The molecule has 7 heteroatoms. The first-order valence-electron chi connectivity index (χ1n) is 8.11. The van der Waals surface area contributed by atoms with Crippen LogP contribution in [-0.4, -0.2) is 32.0 Å². The van der Waals surface area contributed by atoms with E-state index in [-0.39, 0.29) is 24.9 Å². The second-order valence-electron chi connectivity index (χ2n) is 5.79. The van der Waals surface area contributed by atoms with Crippen molar-refractivity contribution in [3.8, 4) is 5.75 Å². The summed E-state index contributed by atoms with van der Waals surface area (Å²) < 4.78 is 5.25. The van der Waals surface area contributed by atoms with Crippen LogP contribution in [0, 0.1) is 13.8 Å². The normalized spacial score (nSPS) is 10.2. The van der Waals surface area contributed by atoms with Crippen molar-refractivity contribution in [3.05, 3.63) is 52.5 Å². The number of ether oxygens (including phenoxy) is 1. The van der Waals surface area contributed by atoms with Crippen LogP contribution in [0.3, 0.4) is 0 Å². The molecule has 2 rings (SSSR count). The van der Waals surface area contributed by atoms with E-state index in [9.17, 15) is 9.59 Å². The van der Waals surface area contributed by atoms with Gasteiger partial charge in [-0.15, -0.1) is 0 Å². The molecule has 0 bridgehead atoms. The van der Waals surface area contributed by atoms with Gasteiger partial charge in [-0.2, -0.15) is 0 Å². The molecule has 0 radical (unpaired) electrons. The number of amides is 2. The van der Waals surface area contributed by atoms with Gasteiger partial charge in [-0.3, -0.25) is 9.59 Å². The van der Waals surface area contributed by atoms with Crippen LogP contribution < -0.4 is 20.7 Å². The van der Waals surface area contributed by atoms with Crippen LogP contribution in [0.4, 0.5) is 11.4 Å². The molecule has 0 saturated carbocycles. The summed E-state index contributed by atoms with van der Waals surface area (Å²) in [6.45, 7) is 3.67. The van der Waals surface area contributed by atoms with Crippen LogP contribution in [0.5, 0.6) is 5.75 Å². The molecule has 138 valence electrons. The van der Waals surface area contributed by atoms with Crippen LogP contribution in [-0.2, 0) is 9.59 Å². The summed E-state index contributed by atoms with van der Waals surface area (Å²) in [5, 5.41) is 8.88. The van der Waals surface area contributed by atoms with E-state index in [2.05, 4.69) is 16.0 Å². The Hall–Kier alpha value is -2.73. The fraction of sp³-hybridized carbons (Fsp3) is 0.263. The number of benzene rings is 2. The Labute approximate surface area is 157 Å². The van der Waals surface area contributed by atoms with Gasteiger partial charge in [-0.05, 0) is 49.2 Å². The first kappa shape index (κ1) is 19.6. The monoisotopic (exact) mass is 375 g/mol. The number of aryl methyl sites for hydroxylation is 1. The highest BCUT2D eigenvalue weighted by Gasteiger charge is 2.10. The van der Waals surface area contributed by atoms with Gasteiger partial charge in [-0.1, -0.05) is 23.7 Å². The molecule has 2 amide bonds. The fourth-order valence-corrected chi connectivity index (χ4v) is 2.49. The smallest absolute Gasteiger partial charge is 0.243 e. The topological polar surface area (TPSA) is 79.5 Å². The molecule has 2 aromatic rings. The average molecular weight is 376 g/mol. The van der Waals surface area contributed by atoms with Crippen molar-refractivity contribution in [2.45, 2.75) is 13.8 Å². The molecule has 0 heterocycles. The lowest BCUT2D eigenvalue weighted by Gasteiger charge is -2.13. The number of halogens is 1. The fourth-order valence-electron chi connectivity index (χ4n) is 2.31. The molecule has 0 aliphatic carbocycles. The summed E-state index contributed by atoms with van der Waals surface area (Å²) in [5.41, 5.74) is 3.17. The van der Waals surface area contributed by atoms with Crippen molar-refractivity contribution in [2.24, 2.45) is 0 Å². The van der Waals surface area contributed by atoms with Crippen molar-refractivity contribution in [1.29, 1.82) is 0 Å². The van der Waals surface area contributed by atoms with Gasteiger partial charge in [0.2, 0.25) is 11.8 Å². The molecule has 0 unspecified atom stereocenters. The summed E-state index contributed by atoms with van der Waals surface area (Å²) in [6, 6.07) is 10.9. The summed E-state index contributed by atoms with van der Waals surface area (Å²) in [6.07, 6.45) is 0.